The Morgan fingerprint density at radius 1 is 0.966 bits per heavy atom. The van der Waals surface area contributed by atoms with E-state index in [2.05, 4.69) is 25.9 Å². The fourth-order valence-electron chi connectivity index (χ4n) is 2.61. The van der Waals surface area contributed by atoms with Crippen molar-refractivity contribution < 1.29 is 9.59 Å². The Labute approximate surface area is 173 Å². The third-order valence-corrected chi connectivity index (χ3v) is 4.69. The Bertz CT molecular complexity index is 995. The first-order valence-electron chi connectivity index (χ1n) is 9.29. The van der Waals surface area contributed by atoms with E-state index in [-0.39, 0.29) is 30.2 Å². The quantitative estimate of drug-likeness (QED) is 0.391. The highest BCUT2D eigenvalue weighted by atomic mass is 32.2. The number of amides is 2. The first kappa shape index (κ1) is 20.6. The molecule has 0 aliphatic carbocycles. The van der Waals surface area contributed by atoms with Crippen molar-refractivity contribution in [1.82, 2.24) is 20.6 Å². The Balaban J connectivity index is 1.68. The minimum atomic E-state index is -0.247. The standard InChI is InChI=1S/C21H23N5O2S/c1-14(2)23-18(27)12-22-19(28)13-29-21-25-17-11-7-6-10-16(17)20(26-21)24-15-8-4-3-5-9-15/h3-11,14H,12-13H2,1-2H3,(H,22,28)(H,23,27)(H,24,25,26). The molecule has 0 saturated heterocycles. The number of thioether (sulfide) groups is 1. The van der Waals surface area contributed by atoms with Gasteiger partial charge in [0.15, 0.2) is 5.16 Å². The third-order valence-electron chi connectivity index (χ3n) is 3.85. The summed E-state index contributed by atoms with van der Waals surface area (Å²) in [6.07, 6.45) is 0. The molecule has 0 radical (unpaired) electrons. The minimum Gasteiger partial charge on any atom is -0.352 e. The molecule has 3 aromatic rings. The van der Waals surface area contributed by atoms with Gasteiger partial charge in [0.05, 0.1) is 17.8 Å². The van der Waals surface area contributed by atoms with Gasteiger partial charge >= 0.3 is 0 Å². The lowest BCUT2D eigenvalue weighted by Gasteiger charge is -2.11. The van der Waals surface area contributed by atoms with Gasteiger partial charge in [0.1, 0.15) is 5.82 Å². The summed E-state index contributed by atoms with van der Waals surface area (Å²) >= 11 is 1.23. The van der Waals surface area contributed by atoms with Gasteiger partial charge in [0, 0.05) is 17.1 Å². The zero-order valence-electron chi connectivity index (χ0n) is 16.3. The van der Waals surface area contributed by atoms with Crippen LogP contribution in [0.5, 0.6) is 0 Å². The van der Waals surface area contributed by atoms with Crippen molar-refractivity contribution in [2.45, 2.75) is 25.0 Å². The van der Waals surface area contributed by atoms with Crippen molar-refractivity contribution in [3.05, 3.63) is 54.6 Å². The van der Waals surface area contributed by atoms with Crippen LogP contribution in [0.25, 0.3) is 10.9 Å². The molecule has 0 saturated carbocycles. The van der Waals surface area contributed by atoms with Crippen LogP contribution in [-0.4, -0.2) is 40.1 Å². The molecule has 29 heavy (non-hydrogen) atoms. The van der Waals surface area contributed by atoms with E-state index in [9.17, 15) is 9.59 Å². The van der Waals surface area contributed by atoms with Crippen molar-refractivity contribution in [2.24, 2.45) is 0 Å². The van der Waals surface area contributed by atoms with Gasteiger partial charge in [-0.05, 0) is 38.1 Å². The number of hydrogen-bond donors (Lipinski definition) is 3. The van der Waals surface area contributed by atoms with Gasteiger partial charge in [-0.25, -0.2) is 9.97 Å². The van der Waals surface area contributed by atoms with Crippen LogP contribution in [-0.2, 0) is 9.59 Å². The second-order valence-corrected chi connectivity index (χ2v) is 7.59. The van der Waals surface area contributed by atoms with Gasteiger partial charge in [-0.3, -0.25) is 9.59 Å². The lowest BCUT2D eigenvalue weighted by molar-refractivity contribution is -0.125. The van der Waals surface area contributed by atoms with Crippen molar-refractivity contribution in [2.75, 3.05) is 17.6 Å². The number of hydrogen-bond acceptors (Lipinski definition) is 6. The number of para-hydroxylation sites is 2. The SMILES string of the molecule is CC(C)NC(=O)CNC(=O)CSc1nc(Nc2ccccc2)c2ccccc2n1. The third kappa shape index (κ3) is 6.18. The zero-order chi connectivity index (χ0) is 20.6. The molecule has 0 spiro atoms. The lowest BCUT2D eigenvalue weighted by Crippen LogP contribution is -2.40. The second-order valence-electron chi connectivity index (χ2n) is 6.65. The van der Waals surface area contributed by atoms with Crippen LogP contribution in [0.15, 0.2) is 59.8 Å². The summed E-state index contributed by atoms with van der Waals surface area (Å²) < 4.78 is 0. The number of benzene rings is 2. The van der Waals surface area contributed by atoms with Crippen LogP contribution in [0.4, 0.5) is 11.5 Å². The summed E-state index contributed by atoms with van der Waals surface area (Å²) in [5.74, 6) is 0.344. The Morgan fingerprint density at radius 2 is 1.69 bits per heavy atom. The first-order valence-corrected chi connectivity index (χ1v) is 10.3. The molecule has 0 bridgehead atoms. The Hall–Kier alpha value is -3.13. The summed E-state index contributed by atoms with van der Waals surface area (Å²) in [6, 6.07) is 17.5. The van der Waals surface area contributed by atoms with Crippen LogP contribution in [0.2, 0.25) is 0 Å². The van der Waals surface area contributed by atoms with Gasteiger partial charge < -0.3 is 16.0 Å². The topological polar surface area (TPSA) is 96.0 Å². The van der Waals surface area contributed by atoms with E-state index in [1.165, 1.54) is 11.8 Å². The smallest absolute Gasteiger partial charge is 0.239 e. The highest BCUT2D eigenvalue weighted by Crippen LogP contribution is 2.26. The molecule has 0 unspecified atom stereocenters. The predicted octanol–water partition coefficient (Wildman–Crippen LogP) is 3.11. The van der Waals surface area contributed by atoms with Gasteiger partial charge in [-0.15, -0.1) is 0 Å². The van der Waals surface area contributed by atoms with Crippen molar-refractivity contribution in [3.63, 3.8) is 0 Å². The number of carbonyl (C=O) groups excluding carboxylic acids is 2. The number of aromatic nitrogens is 2. The van der Waals surface area contributed by atoms with Gasteiger partial charge in [-0.1, -0.05) is 42.1 Å². The number of fused-ring (bicyclic) bond motifs is 1. The van der Waals surface area contributed by atoms with E-state index in [0.717, 1.165) is 16.6 Å². The summed E-state index contributed by atoms with van der Waals surface area (Å²) in [4.78, 5) is 32.8. The van der Waals surface area contributed by atoms with E-state index in [1.54, 1.807) is 0 Å². The first-order chi connectivity index (χ1) is 14.0. The maximum atomic E-state index is 12.1. The van der Waals surface area contributed by atoms with E-state index >= 15 is 0 Å². The zero-order valence-corrected chi connectivity index (χ0v) is 17.1. The molecule has 8 heteroatoms. The molecular weight excluding hydrogens is 386 g/mol. The number of rotatable bonds is 8. The molecule has 3 N–H and O–H groups in total. The summed E-state index contributed by atoms with van der Waals surface area (Å²) in [7, 11) is 0. The van der Waals surface area contributed by atoms with E-state index < -0.39 is 0 Å². The maximum absolute atomic E-state index is 12.1. The van der Waals surface area contributed by atoms with E-state index in [1.807, 2.05) is 68.4 Å². The van der Waals surface area contributed by atoms with E-state index in [0.29, 0.717) is 11.0 Å². The average Bonchev–Trinajstić information content (AvgIpc) is 2.71. The molecule has 7 nitrogen and oxygen atoms in total. The highest BCUT2D eigenvalue weighted by Gasteiger charge is 2.11. The van der Waals surface area contributed by atoms with Crippen molar-refractivity contribution in [1.29, 1.82) is 0 Å². The Morgan fingerprint density at radius 3 is 2.45 bits per heavy atom. The fourth-order valence-corrected chi connectivity index (χ4v) is 3.29. The number of nitrogens with one attached hydrogen (secondary N) is 3. The van der Waals surface area contributed by atoms with Gasteiger partial charge in [-0.2, -0.15) is 0 Å². The molecule has 2 aromatic carbocycles. The second kappa shape index (κ2) is 9.88. The molecule has 1 aromatic heterocycles. The van der Waals surface area contributed by atoms with Crippen molar-refractivity contribution in [3.8, 4) is 0 Å². The molecular formula is C21H23N5O2S. The van der Waals surface area contributed by atoms with Crippen LogP contribution in [0, 0.1) is 0 Å². The number of carbonyl (C=O) groups is 2. The molecule has 3 rings (SSSR count). The molecule has 2 amide bonds. The average molecular weight is 410 g/mol. The molecule has 1 heterocycles. The fraction of sp³-hybridized carbons (Fsp3) is 0.238. The van der Waals surface area contributed by atoms with Crippen molar-refractivity contribution >= 4 is 46.0 Å². The normalized spacial score (nSPS) is 10.7. The van der Waals surface area contributed by atoms with Crippen LogP contribution >= 0.6 is 11.8 Å². The van der Waals surface area contributed by atoms with E-state index in [4.69, 9.17) is 0 Å². The largest absolute Gasteiger partial charge is 0.352 e. The number of nitrogens with zero attached hydrogens (tertiary/aromatic N) is 2. The molecule has 0 fully saturated rings. The molecule has 0 atom stereocenters. The minimum absolute atomic E-state index is 0.0373. The maximum Gasteiger partial charge on any atom is 0.239 e. The van der Waals surface area contributed by atoms with Gasteiger partial charge in [0.25, 0.3) is 0 Å². The summed E-state index contributed by atoms with van der Waals surface area (Å²) in [5, 5.41) is 10.0. The lowest BCUT2D eigenvalue weighted by atomic mass is 10.2. The Kier molecular flexibility index (Phi) is 7.02. The monoisotopic (exact) mass is 409 g/mol. The molecule has 0 aliphatic heterocycles. The molecule has 150 valence electrons. The van der Waals surface area contributed by atoms with Crippen LogP contribution in [0.1, 0.15) is 13.8 Å². The van der Waals surface area contributed by atoms with Crippen LogP contribution < -0.4 is 16.0 Å². The molecule has 0 aliphatic rings. The predicted molar refractivity (Wildman–Crippen MR) is 116 cm³/mol. The number of anilines is 2. The van der Waals surface area contributed by atoms with Gasteiger partial charge in [0.2, 0.25) is 11.8 Å². The van der Waals surface area contributed by atoms with Crippen LogP contribution in [0.3, 0.4) is 0 Å². The highest BCUT2D eigenvalue weighted by molar-refractivity contribution is 7.99. The summed E-state index contributed by atoms with van der Waals surface area (Å²) in [5.41, 5.74) is 1.71. The summed E-state index contributed by atoms with van der Waals surface area (Å²) in [6.45, 7) is 3.69.